The van der Waals surface area contributed by atoms with Crippen LogP contribution in [0.2, 0.25) is 0 Å². The largest absolute Gasteiger partial charge is 0.494 e. The molecule has 0 saturated heterocycles. The zero-order chi connectivity index (χ0) is 16.2. The summed E-state index contributed by atoms with van der Waals surface area (Å²) in [5.41, 5.74) is 3.03. The van der Waals surface area contributed by atoms with Crippen LogP contribution in [0.25, 0.3) is 10.9 Å². The molecule has 116 valence electrons. The summed E-state index contributed by atoms with van der Waals surface area (Å²) in [6.07, 6.45) is 0. The van der Waals surface area contributed by atoms with Crippen molar-refractivity contribution < 1.29 is 9.53 Å². The Morgan fingerprint density at radius 1 is 1.09 bits per heavy atom. The third-order valence-corrected chi connectivity index (χ3v) is 3.52. The zero-order valence-electron chi connectivity index (χ0n) is 13.2. The van der Waals surface area contributed by atoms with Crippen LogP contribution in [-0.2, 0) is 0 Å². The molecule has 2 aromatic carbocycles. The maximum Gasteiger partial charge on any atom is 0.274 e. The van der Waals surface area contributed by atoms with Crippen molar-refractivity contribution in [2.75, 3.05) is 11.9 Å². The smallest absolute Gasteiger partial charge is 0.274 e. The number of carbonyl (C=O) groups is 1. The van der Waals surface area contributed by atoms with Crippen LogP contribution in [0.15, 0.2) is 54.6 Å². The first-order valence-corrected chi connectivity index (χ1v) is 7.57. The second-order valence-corrected chi connectivity index (χ2v) is 5.30. The monoisotopic (exact) mass is 306 g/mol. The van der Waals surface area contributed by atoms with E-state index in [1.165, 1.54) is 0 Å². The Hall–Kier alpha value is -2.88. The molecule has 3 aromatic rings. The van der Waals surface area contributed by atoms with Gasteiger partial charge in [-0.15, -0.1) is 0 Å². The lowest BCUT2D eigenvalue weighted by molar-refractivity contribution is 0.102. The van der Waals surface area contributed by atoms with Gasteiger partial charge < -0.3 is 10.1 Å². The quantitative estimate of drug-likeness (QED) is 0.786. The lowest BCUT2D eigenvalue weighted by atomic mass is 10.2. The zero-order valence-corrected chi connectivity index (χ0v) is 13.2. The second kappa shape index (κ2) is 6.48. The molecule has 0 saturated carbocycles. The fourth-order valence-corrected chi connectivity index (χ4v) is 2.31. The Kier molecular flexibility index (Phi) is 4.24. The van der Waals surface area contributed by atoms with Crippen LogP contribution in [0.5, 0.6) is 5.75 Å². The highest BCUT2D eigenvalue weighted by Gasteiger charge is 2.09. The SMILES string of the molecule is CCOc1ccc2ccc(C(=O)Nc3ccc(C)cc3)nc2c1. The van der Waals surface area contributed by atoms with Crippen LogP contribution in [0.1, 0.15) is 23.0 Å². The van der Waals surface area contributed by atoms with Crippen molar-refractivity contribution in [3.05, 3.63) is 65.9 Å². The Bertz CT molecular complexity index is 842. The molecule has 3 rings (SSSR count). The number of rotatable bonds is 4. The fourth-order valence-electron chi connectivity index (χ4n) is 2.31. The Morgan fingerprint density at radius 2 is 1.83 bits per heavy atom. The number of nitrogens with zero attached hydrogens (tertiary/aromatic N) is 1. The number of fused-ring (bicyclic) bond motifs is 1. The normalized spacial score (nSPS) is 10.5. The summed E-state index contributed by atoms with van der Waals surface area (Å²) in [6.45, 7) is 4.54. The highest BCUT2D eigenvalue weighted by atomic mass is 16.5. The molecule has 0 unspecified atom stereocenters. The summed E-state index contributed by atoms with van der Waals surface area (Å²) < 4.78 is 5.48. The van der Waals surface area contributed by atoms with Gasteiger partial charge in [0.2, 0.25) is 0 Å². The van der Waals surface area contributed by atoms with Gasteiger partial charge in [0.15, 0.2) is 0 Å². The molecule has 4 nitrogen and oxygen atoms in total. The first-order valence-electron chi connectivity index (χ1n) is 7.57. The van der Waals surface area contributed by atoms with Crippen molar-refractivity contribution in [3.63, 3.8) is 0 Å². The molecule has 4 heteroatoms. The van der Waals surface area contributed by atoms with Gasteiger partial charge in [0.25, 0.3) is 5.91 Å². The van der Waals surface area contributed by atoms with Crippen molar-refractivity contribution in [2.45, 2.75) is 13.8 Å². The molecule has 1 N–H and O–H groups in total. The molecular weight excluding hydrogens is 288 g/mol. The Labute approximate surface area is 135 Å². The van der Waals surface area contributed by atoms with Gasteiger partial charge in [-0.25, -0.2) is 4.98 Å². The average molecular weight is 306 g/mol. The second-order valence-electron chi connectivity index (χ2n) is 5.30. The Morgan fingerprint density at radius 3 is 2.57 bits per heavy atom. The van der Waals surface area contributed by atoms with Gasteiger partial charge in [-0.2, -0.15) is 0 Å². The molecule has 1 aromatic heterocycles. The van der Waals surface area contributed by atoms with E-state index < -0.39 is 0 Å². The van der Waals surface area contributed by atoms with E-state index in [1.54, 1.807) is 6.07 Å². The molecule has 0 spiro atoms. The molecule has 0 fully saturated rings. The predicted octanol–water partition coefficient (Wildman–Crippen LogP) is 4.19. The number of hydrogen-bond donors (Lipinski definition) is 1. The van der Waals surface area contributed by atoms with E-state index in [4.69, 9.17) is 4.74 Å². The number of aromatic nitrogens is 1. The van der Waals surface area contributed by atoms with E-state index in [-0.39, 0.29) is 5.91 Å². The van der Waals surface area contributed by atoms with Crippen molar-refractivity contribution in [1.29, 1.82) is 0 Å². The molecule has 0 aliphatic carbocycles. The van der Waals surface area contributed by atoms with E-state index >= 15 is 0 Å². The summed E-state index contributed by atoms with van der Waals surface area (Å²) in [7, 11) is 0. The Balaban J connectivity index is 1.86. The van der Waals surface area contributed by atoms with Crippen LogP contribution in [0.4, 0.5) is 5.69 Å². The molecule has 23 heavy (non-hydrogen) atoms. The molecule has 0 atom stereocenters. The summed E-state index contributed by atoms with van der Waals surface area (Å²) in [5.74, 6) is 0.529. The number of aryl methyl sites for hydroxylation is 1. The number of ether oxygens (including phenoxy) is 1. The molecule has 0 aliphatic heterocycles. The average Bonchev–Trinajstić information content (AvgIpc) is 2.56. The lowest BCUT2D eigenvalue weighted by Gasteiger charge is -2.07. The molecule has 0 bridgehead atoms. The molecule has 0 aliphatic rings. The summed E-state index contributed by atoms with van der Waals surface area (Å²) in [6, 6.07) is 17.0. The topological polar surface area (TPSA) is 51.2 Å². The van der Waals surface area contributed by atoms with Crippen LogP contribution in [0.3, 0.4) is 0 Å². The van der Waals surface area contributed by atoms with Crippen LogP contribution in [-0.4, -0.2) is 17.5 Å². The molecule has 1 amide bonds. The van der Waals surface area contributed by atoms with E-state index in [0.717, 1.165) is 27.9 Å². The van der Waals surface area contributed by atoms with Crippen molar-refractivity contribution in [2.24, 2.45) is 0 Å². The summed E-state index contributed by atoms with van der Waals surface area (Å²) >= 11 is 0. The van der Waals surface area contributed by atoms with Crippen molar-refractivity contribution in [3.8, 4) is 5.75 Å². The van der Waals surface area contributed by atoms with Crippen LogP contribution >= 0.6 is 0 Å². The predicted molar refractivity (Wildman–Crippen MR) is 92.0 cm³/mol. The van der Waals surface area contributed by atoms with Gasteiger partial charge in [0.05, 0.1) is 12.1 Å². The van der Waals surface area contributed by atoms with E-state index in [2.05, 4.69) is 10.3 Å². The first-order chi connectivity index (χ1) is 11.2. The minimum atomic E-state index is -0.224. The van der Waals surface area contributed by atoms with Gasteiger partial charge >= 0.3 is 0 Å². The number of anilines is 1. The number of hydrogen-bond acceptors (Lipinski definition) is 3. The maximum absolute atomic E-state index is 12.3. The number of carbonyl (C=O) groups excluding carboxylic acids is 1. The minimum absolute atomic E-state index is 0.224. The number of amides is 1. The van der Waals surface area contributed by atoms with Gasteiger partial charge in [-0.3, -0.25) is 4.79 Å². The summed E-state index contributed by atoms with van der Waals surface area (Å²) in [4.78, 5) is 16.8. The number of benzene rings is 2. The standard InChI is InChI=1S/C19H18N2O2/c1-3-23-16-10-6-14-7-11-17(21-18(14)12-16)19(22)20-15-8-4-13(2)5-9-15/h4-12H,3H2,1-2H3,(H,20,22). The van der Waals surface area contributed by atoms with E-state index in [9.17, 15) is 4.79 Å². The van der Waals surface area contributed by atoms with Gasteiger partial charge in [-0.05, 0) is 44.2 Å². The van der Waals surface area contributed by atoms with E-state index in [1.807, 2.05) is 62.4 Å². The van der Waals surface area contributed by atoms with Crippen molar-refractivity contribution >= 4 is 22.5 Å². The fraction of sp³-hybridized carbons (Fsp3) is 0.158. The number of pyridine rings is 1. The third-order valence-electron chi connectivity index (χ3n) is 3.52. The van der Waals surface area contributed by atoms with Gasteiger partial charge in [0, 0.05) is 17.1 Å². The minimum Gasteiger partial charge on any atom is -0.494 e. The third kappa shape index (κ3) is 3.48. The van der Waals surface area contributed by atoms with E-state index in [0.29, 0.717) is 12.3 Å². The lowest BCUT2D eigenvalue weighted by Crippen LogP contribution is -2.13. The van der Waals surface area contributed by atoms with Crippen molar-refractivity contribution in [1.82, 2.24) is 4.98 Å². The highest BCUT2D eigenvalue weighted by molar-refractivity contribution is 6.04. The van der Waals surface area contributed by atoms with Gasteiger partial charge in [0.1, 0.15) is 11.4 Å². The number of nitrogens with one attached hydrogen (secondary N) is 1. The van der Waals surface area contributed by atoms with Gasteiger partial charge in [-0.1, -0.05) is 23.8 Å². The molecule has 0 radical (unpaired) electrons. The van der Waals surface area contributed by atoms with Crippen LogP contribution < -0.4 is 10.1 Å². The maximum atomic E-state index is 12.3. The molecule has 1 heterocycles. The summed E-state index contributed by atoms with van der Waals surface area (Å²) in [5, 5.41) is 3.83. The molecular formula is C19H18N2O2. The van der Waals surface area contributed by atoms with Crippen LogP contribution in [0, 0.1) is 6.92 Å². The highest BCUT2D eigenvalue weighted by Crippen LogP contribution is 2.20. The first kappa shape index (κ1) is 15.0.